The number of carbonyl (C=O) groups excluding carboxylic acids is 1. The Kier molecular flexibility index (Phi) is 5.51. The van der Waals surface area contributed by atoms with Gasteiger partial charge in [-0.2, -0.15) is 0 Å². The van der Waals surface area contributed by atoms with E-state index in [9.17, 15) is 18.0 Å². The van der Waals surface area contributed by atoms with Crippen LogP contribution >= 0.6 is 0 Å². The SMILES string of the molecule is CS(=O)(=O)c1ccc(NC(=O)NCCCC(=O)O)cc1. The molecular weight excluding hydrogens is 284 g/mol. The lowest BCUT2D eigenvalue weighted by molar-refractivity contribution is -0.137. The van der Waals surface area contributed by atoms with Crippen molar-refractivity contribution in [2.24, 2.45) is 0 Å². The predicted octanol–water partition coefficient (Wildman–Crippen LogP) is 1.08. The van der Waals surface area contributed by atoms with Crippen LogP contribution in [0, 0.1) is 0 Å². The number of hydrogen-bond acceptors (Lipinski definition) is 4. The first-order chi connectivity index (χ1) is 9.29. The van der Waals surface area contributed by atoms with Crippen molar-refractivity contribution in [3.8, 4) is 0 Å². The number of sulfone groups is 1. The highest BCUT2D eigenvalue weighted by Gasteiger charge is 2.07. The quantitative estimate of drug-likeness (QED) is 0.680. The largest absolute Gasteiger partial charge is 0.481 e. The van der Waals surface area contributed by atoms with Crippen molar-refractivity contribution in [1.82, 2.24) is 5.32 Å². The maximum atomic E-state index is 11.5. The van der Waals surface area contributed by atoms with Crippen LogP contribution in [0.15, 0.2) is 29.2 Å². The molecule has 7 nitrogen and oxygen atoms in total. The number of rotatable bonds is 6. The number of carbonyl (C=O) groups is 2. The molecule has 0 saturated carbocycles. The molecule has 0 fully saturated rings. The summed E-state index contributed by atoms with van der Waals surface area (Å²) in [4.78, 5) is 21.9. The molecule has 0 bridgehead atoms. The van der Waals surface area contributed by atoms with Crippen molar-refractivity contribution < 1.29 is 23.1 Å². The highest BCUT2D eigenvalue weighted by molar-refractivity contribution is 7.90. The van der Waals surface area contributed by atoms with Crippen molar-refractivity contribution in [3.05, 3.63) is 24.3 Å². The third kappa shape index (κ3) is 5.70. The van der Waals surface area contributed by atoms with Gasteiger partial charge in [0, 0.05) is 24.9 Å². The summed E-state index contributed by atoms with van der Waals surface area (Å²) >= 11 is 0. The number of hydrogen-bond donors (Lipinski definition) is 3. The van der Waals surface area contributed by atoms with Crippen molar-refractivity contribution >= 4 is 27.5 Å². The van der Waals surface area contributed by atoms with Crippen LogP contribution < -0.4 is 10.6 Å². The van der Waals surface area contributed by atoms with E-state index in [0.29, 0.717) is 12.1 Å². The summed E-state index contributed by atoms with van der Waals surface area (Å²) in [6, 6.07) is 5.29. The maximum Gasteiger partial charge on any atom is 0.319 e. The zero-order valence-electron chi connectivity index (χ0n) is 10.9. The summed E-state index contributed by atoms with van der Waals surface area (Å²) in [6.07, 6.45) is 1.43. The van der Waals surface area contributed by atoms with Crippen molar-refractivity contribution in [3.63, 3.8) is 0 Å². The number of carboxylic acid groups (broad SMARTS) is 1. The first kappa shape index (κ1) is 16.0. The summed E-state index contributed by atoms with van der Waals surface area (Å²) in [5, 5.41) is 13.4. The Morgan fingerprint density at radius 2 is 1.80 bits per heavy atom. The second-order valence-corrected chi connectivity index (χ2v) is 6.19. The van der Waals surface area contributed by atoms with Gasteiger partial charge in [-0.15, -0.1) is 0 Å². The van der Waals surface area contributed by atoms with Crippen LogP contribution in [-0.2, 0) is 14.6 Å². The van der Waals surface area contributed by atoms with Gasteiger partial charge in [0.1, 0.15) is 0 Å². The summed E-state index contributed by atoms with van der Waals surface area (Å²) < 4.78 is 22.5. The Labute approximate surface area is 116 Å². The standard InChI is InChI=1S/C12H16N2O5S/c1-20(18,19)10-6-4-9(5-7-10)14-12(17)13-8-2-3-11(15)16/h4-7H,2-3,8H2,1H3,(H,15,16)(H2,13,14,17). The molecule has 110 valence electrons. The lowest BCUT2D eigenvalue weighted by atomic mass is 10.3. The second kappa shape index (κ2) is 6.90. The number of nitrogens with one attached hydrogen (secondary N) is 2. The molecule has 0 heterocycles. The van der Waals surface area contributed by atoms with E-state index >= 15 is 0 Å². The number of carboxylic acids is 1. The summed E-state index contributed by atoms with van der Waals surface area (Å²) in [6.45, 7) is 0.250. The number of aliphatic carboxylic acids is 1. The molecule has 20 heavy (non-hydrogen) atoms. The summed E-state index contributed by atoms with van der Waals surface area (Å²) in [7, 11) is -3.26. The van der Waals surface area contributed by atoms with Crippen LogP contribution in [0.3, 0.4) is 0 Å². The Bertz CT molecular complexity index is 580. The van der Waals surface area contributed by atoms with Crippen molar-refractivity contribution in [2.45, 2.75) is 17.7 Å². The fraction of sp³-hybridized carbons (Fsp3) is 0.333. The van der Waals surface area contributed by atoms with E-state index in [2.05, 4.69) is 10.6 Å². The average Bonchev–Trinajstić information content (AvgIpc) is 2.34. The molecule has 0 aliphatic rings. The Morgan fingerprint density at radius 1 is 1.20 bits per heavy atom. The third-order valence-corrected chi connectivity index (χ3v) is 3.52. The maximum absolute atomic E-state index is 11.5. The van der Waals surface area contributed by atoms with Crippen LogP contribution in [0.2, 0.25) is 0 Å². The molecule has 0 radical (unpaired) electrons. The van der Waals surface area contributed by atoms with Gasteiger partial charge in [-0.3, -0.25) is 4.79 Å². The number of amides is 2. The predicted molar refractivity (Wildman–Crippen MR) is 73.4 cm³/mol. The van der Waals surface area contributed by atoms with E-state index in [1.807, 2.05) is 0 Å². The van der Waals surface area contributed by atoms with Crippen LogP contribution in [0.4, 0.5) is 10.5 Å². The molecule has 8 heteroatoms. The Hall–Kier alpha value is -2.09. The van der Waals surface area contributed by atoms with Gasteiger partial charge >= 0.3 is 12.0 Å². The van der Waals surface area contributed by atoms with E-state index in [4.69, 9.17) is 5.11 Å². The molecule has 0 atom stereocenters. The van der Waals surface area contributed by atoms with Gasteiger partial charge in [-0.25, -0.2) is 13.2 Å². The average molecular weight is 300 g/mol. The zero-order chi connectivity index (χ0) is 15.2. The Balaban J connectivity index is 2.44. The minimum atomic E-state index is -3.26. The number of urea groups is 1. The Morgan fingerprint density at radius 3 is 2.30 bits per heavy atom. The molecule has 1 rings (SSSR count). The molecule has 2 amide bonds. The lowest BCUT2D eigenvalue weighted by Gasteiger charge is -2.07. The fourth-order valence-electron chi connectivity index (χ4n) is 1.40. The smallest absolute Gasteiger partial charge is 0.319 e. The molecule has 1 aromatic carbocycles. The number of benzene rings is 1. The normalized spacial score (nSPS) is 10.8. The lowest BCUT2D eigenvalue weighted by Crippen LogP contribution is -2.29. The zero-order valence-corrected chi connectivity index (χ0v) is 11.7. The van der Waals surface area contributed by atoms with Gasteiger partial charge in [0.15, 0.2) is 9.84 Å². The topological polar surface area (TPSA) is 113 Å². The van der Waals surface area contributed by atoms with Crippen molar-refractivity contribution in [2.75, 3.05) is 18.1 Å². The van der Waals surface area contributed by atoms with Crippen LogP contribution in [0.5, 0.6) is 0 Å². The van der Waals surface area contributed by atoms with E-state index in [1.165, 1.54) is 24.3 Å². The van der Waals surface area contributed by atoms with Gasteiger partial charge in [0.2, 0.25) is 0 Å². The van der Waals surface area contributed by atoms with Gasteiger partial charge in [-0.1, -0.05) is 0 Å². The first-order valence-electron chi connectivity index (χ1n) is 5.86. The third-order valence-electron chi connectivity index (χ3n) is 2.39. The van der Waals surface area contributed by atoms with Crippen LogP contribution in [0.1, 0.15) is 12.8 Å². The molecule has 0 spiro atoms. The molecular formula is C12H16N2O5S. The summed E-state index contributed by atoms with van der Waals surface area (Å²) in [5.41, 5.74) is 0.452. The molecule has 1 aromatic rings. The molecule has 0 aliphatic heterocycles. The van der Waals surface area contributed by atoms with Crippen molar-refractivity contribution in [1.29, 1.82) is 0 Å². The van der Waals surface area contributed by atoms with E-state index in [0.717, 1.165) is 6.26 Å². The first-order valence-corrected chi connectivity index (χ1v) is 7.75. The van der Waals surface area contributed by atoms with Gasteiger partial charge in [0.25, 0.3) is 0 Å². The highest BCUT2D eigenvalue weighted by Crippen LogP contribution is 2.13. The minimum Gasteiger partial charge on any atom is -0.481 e. The molecule has 0 saturated heterocycles. The molecule has 0 aliphatic carbocycles. The molecule has 0 unspecified atom stereocenters. The van der Waals surface area contributed by atoms with Crippen LogP contribution in [-0.4, -0.2) is 38.3 Å². The second-order valence-electron chi connectivity index (χ2n) is 4.17. The number of anilines is 1. The minimum absolute atomic E-state index is 0.0106. The van der Waals surface area contributed by atoms with Gasteiger partial charge in [-0.05, 0) is 30.7 Å². The summed E-state index contributed by atoms with van der Waals surface area (Å²) in [5.74, 6) is -0.913. The van der Waals surface area contributed by atoms with Gasteiger partial charge < -0.3 is 15.7 Å². The van der Waals surface area contributed by atoms with E-state index in [-0.39, 0.29) is 17.9 Å². The van der Waals surface area contributed by atoms with E-state index in [1.54, 1.807) is 0 Å². The van der Waals surface area contributed by atoms with Crippen LogP contribution in [0.25, 0.3) is 0 Å². The monoisotopic (exact) mass is 300 g/mol. The highest BCUT2D eigenvalue weighted by atomic mass is 32.2. The molecule has 0 aromatic heterocycles. The fourth-order valence-corrected chi connectivity index (χ4v) is 2.03. The molecule has 3 N–H and O–H groups in total. The van der Waals surface area contributed by atoms with E-state index < -0.39 is 21.8 Å². The van der Waals surface area contributed by atoms with Gasteiger partial charge in [0.05, 0.1) is 4.90 Å².